The van der Waals surface area contributed by atoms with Gasteiger partial charge in [-0.15, -0.1) is 11.3 Å². The highest BCUT2D eigenvalue weighted by molar-refractivity contribution is 7.09. The summed E-state index contributed by atoms with van der Waals surface area (Å²) >= 11 is 1.60. The molecule has 20 heavy (non-hydrogen) atoms. The zero-order valence-electron chi connectivity index (χ0n) is 11.9. The number of nitrogens with zero attached hydrogens (tertiary/aromatic N) is 1. The van der Waals surface area contributed by atoms with Crippen molar-refractivity contribution in [3.63, 3.8) is 0 Å². The van der Waals surface area contributed by atoms with Gasteiger partial charge in [0.1, 0.15) is 6.61 Å². The monoisotopic (exact) mass is 294 g/mol. The molecule has 0 aliphatic rings. The van der Waals surface area contributed by atoms with Crippen molar-refractivity contribution in [2.24, 2.45) is 5.73 Å². The molecular formula is C15H19FN2OS. The van der Waals surface area contributed by atoms with E-state index in [2.05, 4.69) is 18.8 Å². The van der Waals surface area contributed by atoms with Crippen LogP contribution in [-0.2, 0) is 6.61 Å². The molecule has 1 aromatic heterocycles. The SMILES string of the molecule is CC(C)c1nc(COc2ccc([C@@H](C)N)cc2F)cs1. The highest BCUT2D eigenvalue weighted by Crippen LogP contribution is 2.23. The molecule has 0 saturated heterocycles. The molecule has 2 aromatic rings. The molecule has 0 amide bonds. The van der Waals surface area contributed by atoms with Gasteiger partial charge in [-0.2, -0.15) is 0 Å². The number of hydrogen-bond donors (Lipinski definition) is 1. The normalized spacial score (nSPS) is 12.7. The first-order valence-corrected chi connectivity index (χ1v) is 7.47. The maximum Gasteiger partial charge on any atom is 0.165 e. The van der Waals surface area contributed by atoms with E-state index in [1.807, 2.05) is 12.3 Å². The van der Waals surface area contributed by atoms with Crippen LogP contribution in [0.3, 0.4) is 0 Å². The van der Waals surface area contributed by atoms with Gasteiger partial charge in [0.05, 0.1) is 10.7 Å². The Morgan fingerprint density at radius 3 is 2.65 bits per heavy atom. The van der Waals surface area contributed by atoms with Crippen LogP contribution in [0, 0.1) is 5.82 Å². The third-order valence-electron chi connectivity index (χ3n) is 2.92. The van der Waals surface area contributed by atoms with Gasteiger partial charge in [0, 0.05) is 17.3 Å². The van der Waals surface area contributed by atoms with Crippen LogP contribution in [0.25, 0.3) is 0 Å². The van der Waals surface area contributed by atoms with E-state index in [9.17, 15) is 4.39 Å². The third-order valence-corrected chi connectivity index (χ3v) is 4.11. The minimum absolute atomic E-state index is 0.189. The first-order valence-electron chi connectivity index (χ1n) is 6.59. The van der Waals surface area contributed by atoms with Crippen LogP contribution in [-0.4, -0.2) is 4.98 Å². The molecule has 0 aliphatic carbocycles. The zero-order valence-corrected chi connectivity index (χ0v) is 12.7. The smallest absolute Gasteiger partial charge is 0.165 e. The van der Waals surface area contributed by atoms with E-state index in [0.717, 1.165) is 16.3 Å². The van der Waals surface area contributed by atoms with Crippen LogP contribution in [0.15, 0.2) is 23.6 Å². The van der Waals surface area contributed by atoms with Crippen molar-refractivity contribution in [3.8, 4) is 5.75 Å². The lowest BCUT2D eigenvalue weighted by Crippen LogP contribution is -2.06. The predicted molar refractivity (Wildman–Crippen MR) is 79.5 cm³/mol. The van der Waals surface area contributed by atoms with E-state index in [4.69, 9.17) is 10.5 Å². The van der Waals surface area contributed by atoms with Crippen molar-refractivity contribution < 1.29 is 9.13 Å². The Bertz CT molecular complexity index is 581. The third kappa shape index (κ3) is 3.55. The Hall–Kier alpha value is -1.46. The molecule has 2 rings (SSSR count). The molecule has 5 heteroatoms. The van der Waals surface area contributed by atoms with Crippen molar-refractivity contribution in [2.45, 2.75) is 39.3 Å². The molecule has 1 aromatic carbocycles. The van der Waals surface area contributed by atoms with Gasteiger partial charge in [-0.1, -0.05) is 19.9 Å². The van der Waals surface area contributed by atoms with Gasteiger partial charge in [-0.25, -0.2) is 9.37 Å². The second-order valence-electron chi connectivity index (χ2n) is 5.10. The average Bonchev–Trinajstić information content (AvgIpc) is 2.86. The number of rotatable bonds is 5. The molecule has 1 atom stereocenters. The lowest BCUT2D eigenvalue weighted by atomic mass is 10.1. The van der Waals surface area contributed by atoms with Crippen LogP contribution >= 0.6 is 11.3 Å². The summed E-state index contributed by atoms with van der Waals surface area (Å²) in [6.45, 7) is 6.28. The quantitative estimate of drug-likeness (QED) is 0.906. The zero-order chi connectivity index (χ0) is 14.7. The molecule has 0 unspecified atom stereocenters. The Balaban J connectivity index is 2.03. The summed E-state index contributed by atoms with van der Waals surface area (Å²) in [5.74, 6) is 0.239. The maximum absolute atomic E-state index is 13.8. The first kappa shape index (κ1) is 14.9. The van der Waals surface area contributed by atoms with Crippen LogP contribution in [0.4, 0.5) is 4.39 Å². The number of nitrogens with two attached hydrogens (primary N) is 1. The summed E-state index contributed by atoms with van der Waals surface area (Å²) in [6, 6.07) is 4.62. The topological polar surface area (TPSA) is 48.1 Å². The average molecular weight is 294 g/mol. The van der Waals surface area contributed by atoms with Crippen LogP contribution < -0.4 is 10.5 Å². The van der Waals surface area contributed by atoms with Gasteiger partial charge in [-0.3, -0.25) is 0 Å². The maximum atomic E-state index is 13.8. The fourth-order valence-electron chi connectivity index (χ4n) is 1.72. The molecule has 0 radical (unpaired) electrons. The van der Waals surface area contributed by atoms with Crippen LogP contribution in [0.1, 0.15) is 49.0 Å². The number of halogens is 1. The van der Waals surface area contributed by atoms with Gasteiger partial charge < -0.3 is 10.5 Å². The van der Waals surface area contributed by atoms with Crippen molar-refractivity contribution in [2.75, 3.05) is 0 Å². The van der Waals surface area contributed by atoms with Crippen molar-refractivity contribution in [1.29, 1.82) is 0 Å². The van der Waals surface area contributed by atoms with E-state index in [1.54, 1.807) is 23.5 Å². The number of ether oxygens (including phenoxy) is 1. The molecule has 0 spiro atoms. The van der Waals surface area contributed by atoms with Gasteiger partial charge >= 0.3 is 0 Å². The summed E-state index contributed by atoms with van der Waals surface area (Å²) < 4.78 is 19.3. The van der Waals surface area contributed by atoms with Gasteiger partial charge in [-0.05, 0) is 24.6 Å². The Kier molecular flexibility index (Phi) is 4.73. The lowest BCUT2D eigenvalue weighted by molar-refractivity contribution is 0.286. The molecule has 0 aliphatic heterocycles. The summed E-state index contributed by atoms with van der Waals surface area (Å²) in [6.07, 6.45) is 0. The van der Waals surface area contributed by atoms with E-state index in [1.165, 1.54) is 6.07 Å². The molecule has 1 heterocycles. The molecule has 0 saturated carbocycles. The fraction of sp³-hybridized carbons (Fsp3) is 0.400. The summed E-state index contributed by atoms with van der Waals surface area (Å²) in [5, 5.41) is 3.01. The summed E-state index contributed by atoms with van der Waals surface area (Å²) in [4.78, 5) is 4.45. The standard InChI is InChI=1S/C15H19FN2OS/c1-9(2)15-18-12(8-20-15)7-19-14-5-4-11(10(3)17)6-13(14)16/h4-6,8-10H,7,17H2,1-3H3/t10-/m1/s1. The van der Waals surface area contributed by atoms with Gasteiger partial charge in [0.2, 0.25) is 0 Å². The van der Waals surface area contributed by atoms with Crippen LogP contribution in [0.2, 0.25) is 0 Å². The first-order chi connectivity index (χ1) is 9.47. The number of aromatic nitrogens is 1. The van der Waals surface area contributed by atoms with E-state index < -0.39 is 0 Å². The molecule has 3 nitrogen and oxygen atoms in total. The second-order valence-corrected chi connectivity index (χ2v) is 5.99. The minimum Gasteiger partial charge on any atom is -0.484 e. The number of hydrogen-bond acceptors (Lipinski definition) is 4. The number of thiazole rings is 1. The molecule has 0 fully saturated rings. The number of benzene rings is 1. The highest BCUT2D eigenvalue weighted by Gasteiger charge is 2.10. The summed E-state index contributed by atoms with van der Waals surface area (Å²) in [7, 11) is 0. The Labute approximate surface area is 122 Å². The molecule has 108 valence electrons. The minimum atomic E-state index is -0.390. The molecular weight excluding hydrogens is 275 g/mol. The largest absolute Gasteiger partial charge is 0.484 e. The van der Waals surface area contributed by atoms with Gasteiger partial charge in [0.15, 0.2) is 11.6 Å². The van der Waals surface area contributed by atoms with Crippen molar-refractivity contribution in [1.82, 2.24) is 4.98 Å². The van der Waals surface area contributed by atoms with E-state index >= 15 is 0 Å². The van der Waals surface area contributed by atoms with E-state index in [-0.39, 0.29) is 24.2 Å². The highest BCUT2D eigenvalue weighted by atomic mass is 32.1. The fourth-order valence-corrected chi connectivity index (χ4v) is 2.54. The van der Waals surface area contributed by atoms with E-state index in [0.29, 0.717) is 5.92 Å². The second kappa shape index (κ2) is 6.33. The van der Waals surface area contributed by atoms with Crippen molar-refractivity contribution in [3.05, 3.63) is 45.7 Å². The van der Waals surface area contributed by atoms with Gasteiger partial charge in [0.25, 0.3) is 0 Å². The predicted octanol–water partition coefficient (Wildman–Crippen LogP) is 4.00. The Morgan fingerprint density at radius 1 is 1.35 bits per heavy atom. The molecule has 2 N–H and O–H groups in total. The lowest BCUT2D eigenvalue weighted by Gasteiger charge is -2.09. The Morgan fingerprint density at radius 2 is 2.10 bits per heavy atom. The van der Waals surface area contributed by atoms with Crippen molar-refractivity contribution >= 4 is 11.3 Å². The van der Waals surface area contributed by atoms with Crippen LogP contribution in [0.5, 0.6) is 5.75 Å². The summed E-state index contributed by atoms with van der Waals surface area (Å²) in [5.41, 5.74) is 7.30. The molecule has 0 bridgehead atoms.